The van der Waals surface area contributed by atoms with Crippen LogP contribution in [0.25, 0.3) is 0 Å². The monoisotopic (exact) mass is 260 g/mol. The van der Waals surface area contributed by atoms with Gasteiger partial charge in [-0.15, -0.1) is 0 Å². The molecule has 2 atom stereocenters. The maximum atomic E-state index is 9.30. The van der Waals surface area contributed by atoms with Gasteiger partial charge in [0.1, 0.15) is 6.07 Å². The molecule has 19 heavy (non-hydrogen) atoms. The smallest absolute Gasteiger partial charge is 0.101 e. The maximum Gasteiger partial charge on any atom is 0.101 e. The van der Waals surface area contributed by atoms with Crippen molar-refractivity contribution in [2.75, 3.05) is 18.1 Å². The van der Waals surface area contributed by atoms with Gasteiger partial charge in [0.15, 0.2) is 0 Å². The Kier molecular flexibility index (Phi) is 4.41. The Bertz CT molecular complexity index is 482. The fraction of sp³-hybridized carbons (Fsp3) is 0.533. The molecule has 0 bridgehead atoms. The van der Waals surface area contributed by atoms with Crippen LogP contribution < -0.4 is 4.90 Å². The topological polar surface area (TPSA) is 56.5 Å². The Balaban J connectivity index is 2.36. The van der Waals surface area contributed by atoms with Crippen LogP contribution in [0.15, 0.2) is 18.2 Å². The molecule has 0 amide bonds. The average molecular weight is 260 g/mol. The second kappa shape index (κ2) is 6.05. The lowest BCUT2D eigenvalue weighted by atomic mass is 10.0. The molecule has 4 heteroatoms. The van der Waals surface area contributed by atoms with Crippen molar-refractivity contribution >= 4 is 5.69 Å². The van der Waals surface area contributed by atoms with Crippen molar-refractivity contribution in [2.24, 2.45) is 0 Å². The average Bonchev–Trinajstić information content (AvgIpc) is 2.46. The highest BCUT2D eigenvalue weighted by atomic mass is 16.5. The van der Waals surface area contributed by atoms with Gasteiger partial charge in [0.05, 0.1) is 36.6 Å². The molecule has 102 valence electrons. The van der Waals surface area contributed by atoms with E-state index >= 15 is 0 Å². The highest BCUT2D eigenvalue weighted by molar-refractivity contribution is 5.61. The number of benzene rings is 1. The first-order chi connectivity index (χ1) is 9.19. The summed E-state index contributed by atoms with van der Waals surface area (Å²) in [6.07, 6.45) is 1.16. The van der Waals surface area contributed by atoms with Gasteiger partial charge in [-0.05, 0) is 31.0 Å². The van der Waals surface area contributed by atoms with E-state index < -0.39 is 0 Å². The summed E-state index contributed by atoms with van der Waals surface area (Å²) < 4.78 is 5.69. The first-order valence-electron chi connectivity index (χ1n) is 6.71. The summed E-state index contributed by atoms with van der Waals surface area (Å²) in [6.45, 7) is 5.64. The number of anilines is 1. The number of nitrogens with zero attached hydrogens (tertiary/aromatic N) is 2. The van der Waals surface area contributed by atoms with Crippen LogP contribution in [0.4, 0.5) is 5.69 Å². The lowest BCUT2D eigenvalue weighted by molar-refractivity contribution is 0.0299. The van der Waals surface area contributed by atoms with E-state index in [0.29, 0.717) is 18.2 Å². The Morgan fingerprint density at radius 3 is 2.95 bits per heavy atom. The van der Waals surface area contributed by atoms with Crippen molar-refractivity contribution in [3.8, 4) is 6.07 Å². The summed E-state index contributed by atoms with van der Waals surface area (Å²) in [5, 5.41) is 18.5. The standard InChI is InChI=1S/C15H20N2O2/c1-3-14-10-19-11(2)8-17(14)15-5-4-12(9-18)6-13(15)7-16/h4-6,11,14,18H,3,8-10H2,1-2H3. The van der Waals surface area contributed by atoms with Crippen molar-refractivity contribution < 1.29 is 9.84 Å². The quantitative estimate of drug-likeness (QED) is 0.903. The minimum atomic E-state index is -0.0360. The fourth-order valence-corrected chi connectivity index (χ4v) is 2.50. The summed E-state index contributed by atoms with van der Waals surface area (Å²) >= 11 is 0. The molecular formula is C15H20N2O2. The summed E-state index contributed by atoms with van der Waals surface area (Å²) in [6, 6.07) is 8.12. The molecule has 1 saturated heterocycles. The van der Waals surface area contributed by atoms with Crippen molar-refractivity contribution in [2.45, 2.75) is 39.0 Å². The number of hydrogen-bond acceptors (Lipinski definition) is 4. The molecule has 0 saturated carbocycles. The van der Waals surface area contributed by atoms with Gasteiger partial charge >= 0.3 is 0 Å². The first-order valence-corrected chi connectivity index (χ1v) is 6.71. The van der Waals surface area contributed by atoms with Gasteiger partial charge in [-0.1, -0.05) is 13.0 Å². The Morgan fingerprint density at radius 1 is 1.53 bits per heavy atom. The minimum absolute atomic E-state index is 0.0360. The van der Waals surface area contributed by atoms with Crippen LogP contribution in [0.1, 0.15) is 31.4 Å². The predicted molar refractivity (Wildman–Crippen MR) is 73.9 cm³/mol. The van der Waals surface area contributed by atoms with Crippen molar-refractivity contribution in [1.29, 1.82) is 5.26 Å². The lowest BCUT2D eigenvalue weighted by Crippen LogP contribution is -2.49. The van der Waals surface area contributed by atoms with E-state index in [9.17, 15) is 5.26 Å². The van der Waals surface area contributed by atoms with E-state index in [-0.39, 0.29) is 12.7 Å². The second-order valence-corrected chi connectivity index (χ2v) is 4.98. The zero-order chi connectivity index (χ0) is 13.8. The van der Waals surface area contributed by atoms with Crippen LogP contribution >= 0.6 is 0 Å². The SMILES string of the molecule is CCC1COC(C)CN1c1ccc(CO)cc1C#N. The highest BCUT2D eigenvalue weighted by Gasteiger charge is 2.27. The fourth-order valence-electron chi connectivity index (χ4n) is 2.50. The summed E-state index contributed by atoms with van der Waals surface area (Å²) in [4.78, 5) is 2.26. The molecule has 1 aliphatic rings. The molecule has 1 heterocycles. The van der Waals surface area contributed by atoms with Gasteiger partial charge in [-0.3, -0.25) is 0 Å². The van der Waals surface area contributed by atoms with Crippen LogP contribution in [0.2, 0.25) is 0 Å². The molecule has 2 rings (SSSR count). The van der Waals surface area contributed by atoms with Crippen LogP contribution in [-0.2, 0) is 11.3 Å². The second-order valence-electron chi connectivity index (χ2n) is 4.98. The third kappa shape index (κ3) is 2.89. The van der Waals surface area contributed by atoms with Crippen molar-refractivity contribution in [3.63, 3.8) is 0 Å². The largest absolute Gasteiger partial charge is 0.392 e. The van der Waals surface area contributed by atoms with Crippen LogP contribution in [0.5, 0.6) is 0 Å². The predicted octanol–water partition coefficient (Wildman–Crippen LogP) is 2.05. The van der Waals surface area contributed by atoms with E-state index in [1.807, 2.05) is 19.1 Å². The maximum absolute atomic E-state index is 9.30. The molecule has 1 aliphatic heterocycles. The Hall–Kier alpha value is -1.57. The van der Waals surface area contributed by atoms with E-state index in [1.54, 1.807) is 6.07 Å². The molecule has 0 aromatic heterocycles. The zero-order valence-electron chi connectivity index (χ0n) is 11.5. The molecular weight excluding hydrogens is 240 g/mol. The number of rotatable bonds is 3. The molecule has 1 aromatic rings. The van der Waals surface area contributed by atoms with Gasteiger partial charge in [-0.25, -0.2) is 0 Å². The number of ether oxygens (including phenoxy) is 1. The van der Waals surface area contributed by atoms with Crippen LogP contribution in [0, 0.1) is 11.3 Å². The van der Waals surface area contributed by atoms with Gasteiger partial charge in [-0.2, -0.15) is 5.26 Å². The first kappa shape index (κ1) is 13.9. The molecule has 1 fully saturated rings. The highest BCUT2D eigenvalue weighted by Crippen LogP contribution is 2.27. The molecule has 0 aliphatic carbocycles. The van der Waals surface area contributed by atoms with Crippen molar-refractivity contribution in [3.05, 3.63) is 29.3 Å². The Labute approximate surface area is 114 Å². The van der Waals surface area contributed by atoms with Crippen LogP contribution in [0.3, 0.4) is 0 Å². The summed E-state index contributed by atoms with van der Waals surface area (Å²) in [5.74, 6) is 0. The minimum Gasteiger partial charge on any atom is -0.392 e. The number of aliphatic hydroxyl groups is 1. The lowest BCUT2D eigenvalue weighted by Gasteiger charge is -2.40. The molecule has 4 nitrogen and oxygen atoms in total. The Morgan fingerprint density at radius 2 is 2.32 bits per heavy atom. The van der Waals surface area contributed by atoms with E-state index in [2.05, 4.69) is 17.9 Å². The van der Waals surface area contributed by atoms with Gasteiger partial charge in [0.2, 0.25) is 0 Å². The van der Waals surface area contributed by atoms with E-state index in [1.165, 1.54) is 0 Å². The van der Waals surface area contributed by atoms with Gasteiger partial charge in [0, 0.05) is 6.54 Å². The third-order valence-electron chi connectivity index (χ3n) is 3.61. The van der Waals surface area contributed by atoms with Gasteiger partial charge < -0.3 is 14.7 Å². The number of aliphatic hydroxyl groups excluding tert-OH is 1. The normalized spacial score (nSPS) is 23.2. The van der Waals surface area contributed by atoms with Gasteiger partial charge in [0.25, 0.3) is 0 Å². The number of hydrogen-bond donors (Lipinski definition) is 1. The van der Waals surface area contributed by atoms with E-state index in [4.69, 9.17) is 9.84 Å². The molecule has 2 unspecified atom stereocenters. The number of morpholine rings is 1. The molecule has 1 N–H and O–H groups in total. The number of nitriles is 1. The van der Waals surface area contributed by atoms with Crippen molar-refractivity contribution in [1.82, 2.24) is 0 Å². The van der Waals surface area contributed by atoms with Crippen LogP contribution in [-0.4, -0.2) is 30.4 Å². The molecule has 0 spiro atoms. The molecule has 0 radical (unpaired) electrons. The molecule has 1 aromatic carbocycles. The third-order valence-corrected chi connectivity index (χ3v) is 3.61. The summed E-state index contributed by atoms with van der Waals surface area (Å²) in [5.41, 5.74) is 2.34. The summed E-state index contributed by atoms with van der Waals surface area (Å²) in [7, 11) is 0. The van der Waals surface area contributed by atoms with E-state index in [0.717, 1.165) is 24.2 Å². The zero-order valence-corrected chi connectivity index (χ0v) is 11.5.